The smallest absolute Gasteiger partial charge is 0.326 e. The van der Waals surface area contributed by atoms with Crippen LogP contribution < -0.4 is 5.32 Å². The molecular weight excluding hydrogens is 345 g/mol. The Morgan fingerprint density at radius 1 is 1.33 bits per heavy atom. The van der Waals surface area contributed by atoms with Gasteiger partial charge in [-0.1, -0.05) is 20.3 Å². The van der Waals surface area contributed by atoms with Gasteiger partial charge >= 0.3 is 5.97 Å². The second-order valence-corrected chi connectivity index (χ2v) is 5.43. The topological polar surface area (TPSA) is 66.4 Å². The van der Waals surface area contributed by atoms with Gasteiger partial charge in [-0.25, -0.2) is 4.79 Å². The summed E-state index contributed by atoms with van der Waals surface area (Å²) in [6, 6.07) is 6.16. The zero-order chi connectivity index (χ0) is 13.7. The van der Waals surface area contributed by atoms with Gasteiger partial charge in [-0.15, -0.1) is 0 Å². The van der Waals surface area contributed by atoms with E-state index in [0.717, 1.165) is 3.57 Å². The van der Waals surface area contributed by atoms with Gasteiger partial charge in [-0.05, 0) is 52.8 Å². The minimum atomic E-state index is -0.997. The third-order valence-electron chi connectivity index (χ3n) is 2.87. The van der Waals surface area contributed by atoms with Crippen molar-refractivity contribution in [2.75, 3.05) is 0 Å². The van der Waals surface area contributed by atoms with Crippen molar-refractivity contribution in [3.63, 3.8) is 0 Å². The molecule has 5 heteroatoms. The molecule has 2 atom stereocenters. The van der Waals surface area contributed by atoms with E-state index in [9.17, 15) is 9.59 Å². The van der Waals surface area contributed by atoms with Crippen molar-refractivity contribution < 1.29 is 14.7 Å². The molecular formula is C13H16INO3. The maximum absolute atomic E-state index is 11.9. The number of aliphatic carboxylic acids is 1. The molecule has 1 aromatic carbocycles. The number of carbonyl (C=O) groups is 2. The van der Waals surface area contributed by atoms with E-state index in [1.807, 2.05) is 26.0 Å². The van der Waals surface area contributed by atoms with Gasteiger partial charge < -0.3 is 10.4 Å². The summed E-state index contributed by atoms with van der Waals surface area (Å²) in [5.74, 6) is -1.45. The lowest BCUT2D eigenvalue weighted by atomic mass is 9.99. The number of carboxylic acids is 1. The Labute approximate surface area is 120 Å². The average molecular weight is 361 g/mol. The molecule has 1 aromatic rings. The Morgan fingerprint density at radius 3 is 2.33 bits per heavy atom. The second-order valence-electron chi connectivity index (χ2n) is 4.18. The molecule has 18 heavy (non-hydrogen) atoms. The number of hydrogen-bond donors (Lipinski definition) is 2. The summed E-state index contributed by atoms with van der Waals surface area (Å²) >= 11 is 2.15. The monoisotopic (exact) mass is 361 g/mol. The predicted molar refractivity (Wildman–Crippen MR) is 77.5 cm³/mol. The van der Waals surface area contributed by atoms with E-state index in [2.05, 4.69) is 27.9 Å². The Hall–Kier alpha value is -1.11. The fourth-order valence-corrected chi connectivity index (χ4v) is 1.87. The quantitative estimate of drug-likeness (QED) is 0.793. The lowest BCUT2D eigenvalue weighted by Gasteiger charge is -2.20. The molecule has 1 unspecified atom stereocenters. The van der Waals surface area contributed by atoms with E-state index in [1.54, 1.807) is 12.1 Å². The summed E-state index contributed by atoms with van der Waals surface area (Å²) in [5.41, 5.74) is 0.477. The molecule has 0 aliphatic carbocycles. The predicted octanol–water partition coefficient (Wildman–Crippen LogP) is 2.52. The number of hydrogen-bond acceptors (Lipinski definition) is 2. The zero-order valence-electron chi connectivity index (χ0n) is 10.3. The van der Waals surface area contributed by atoms with Gasteiger partial charge in [0.2, 0.25) is 0 Å². The van der Waals surface area contributed by atoms with Crippen LogP contribution in [0.1, 0.15) is 30.6 Å². The lowest BCUT2D eigenvalue weighted by Crippen LogP contribution is -2.45. The normalized spacial score (nSPS) is 13.7. The molecule has 98 valence electrons. The minimum absolute atomic E-state index is 0.102. The van der Waals surface area contributed by atoms with Crippen LogP contribution in [0.2, 0.25) is 0 Å². The van der Waals surface area contributed by atoms with E-state index >= 15 is 0 Å². The number of halogens is 1. The Balaban J connectivity index is 2.78. The van der Waals surface area contributed by atoms with Crippen LogP contribution in [-0.2, 0) is 4.79 Å². The van der Waals surface area contributed by atoms with Crippen molar-refractivity contribution >= 4 is 34.5 Å². The summed E-state index contributed by atoms with van der Waals surface area (Å²) < 4.78 is 1.03. The average Bonchev–Trinajstić information content (AvgIpc) is 2.35. The van der Waals surface area contributed by atoms with Crippen LogP contribution in [0.3, 0.4) is 0 Å². The number of carbonyl (C=O) groups excluding carboxylic acids is 1. The van der Waals surface area contributed by atoms with E-state index in [1.165, 1.54) is 0 Å². The Bertz CT molecular complexity index is 430. The van der Waals surface area contributed by atoms with Gasteiger partial charge in [0.1, 0.15) is 6.04 Å². The third-order valence-corrected chi connectivity index (χ3v) is 3.59. The van der Waals surface area contributed by atoms with Crippen molar-refractivity contribution in [3.05, 3.63) is 33.4 Å². The second kappa shape index (κ2) is 6.72. The number of rotatable bonds is 5. The fourth-order valence-electron chi connectivity index (χ4n) is 1.51. The van der Waals surface area contributed by atoms with Gasteiger partial charge in [-0.2, -0.15) is 0 Å². The molecule has 0 bridgehead atoms. The molecule has 1 rings (SSSR count). The van der Waals surface area contributed by atoms with Gasteiger partial charge in [-0.3, -0.25) is 4.79 Å². The first-order valence-corrected chi connectivity index (χ1v) is 6.82. The summed E-state index contributed by atoms with van der Waals surface area (Å²) in [6.07, 6.45) is 0.698. The van der Waals surface area contributed by atoms with Crippen LogP contribution in [0.4, 0.5) is 0 Å². The van der Waals surface area contributed by atoms with Crippen molar-refractivity contribution in [1.82, 2.24) is 5.32 Å². The Kier molecular flexibility index (Phi) is 5.58. The first-order chi connectivity index (χ1) is 8.45. The highest BCUT2D eigenvalue weighted by Crippen LogP contribution is 2.11. The summed E-state index contributed by atoms with van der Waals surface area (Å²) in [7, 11) is 0. The molecule has 0 spiro atoms. The first-order valence-electron chi connectivity index (χ1n) is 5.75. The van der Waals surface area contributed by atoms with Crippen molar-refractivity contribution in [2.24, 2.45) is 5.92 Å². The van der Waals surface area contributed by atoms with Crippen LogP contribution in [-0.4, -0.2) is 23.0 Å². The highest BCUT2D eigenvalue weighted by molar-refractivity contribution is 14.1. The lowest BCUT2D eigenvalue weighted by molar-refractivity contribution is -0.140. The molecule has 0 saturated carbocycles. The van der Waals surface area contributed by atoms with Gasteiger partial charge in [0, 0.05) is 9.13 Å². The van der Waals surface area contributed by atoms with Crippen LogP contribution in [0.25, 0.3) is 0 Å². The standard InChI is InChI=1S/C13H16INO3/c1-3-8(2)11(13(17)18)15-12(16)9-4-6-10(14)7-5-9/h4-8,11H,3H2,1-2H3,(H,15,16)(H,17,18)/t8?,11-/m0/s1. The molecule has 0 aliphatic rings. The van der Waals surface area contributed by atoms with E-state index in [4.69, 9.17) is 5.11 Å². The molecule has 0 heterocycles. The first kappa shape index (κ1) is 14.9. The van der Waals surface area contributed by atoms with E-state index in [-0.39, 0.29) is 11.8 Å². The van der Waals surface area contributed by atoms with Crippen LogP contribution in [0.15, 0.2) is 24.3 Å². The molecule has 0 aromatic heterocycles. The molecule has 4 nitrogen and oxygen atoms in total. The number of benzene rings is 1. The van der Waals surface area contributed by atoms with Crippen molar-refractivity contribution in [2.45, 2.75) is 26.3 Å². The van der Waals surface area contributed by atoms with Gasteiger partial charge in [0.15, 0.2) is 0 Å². The highest BCUT2D eigenvalue weighted by Gasteiger charge is 2.25. The fraction of sp³-hybridized carbons (Fsp3) is 0.385. The van der Waals surface area contributed by atoms with Crippen molar-refractivity contribution in [3.8, 4) is 0 Å². The molecule has 2 N–H and O–H groups in total. The van der Waals surface area contributed by atoms with Crippen molar-refractivity contribution in [1.29, 1.82) is 0 Å². The molecule has 0 saturated heterocycles. The van der Waals surface area contributed by atoms with Gasteiger partial charge in [0.25, 0.3) is 5.91 Å². The van der Waals surface area contributed by atoms with Crippen LogP contribution >= 0.6 is 22.6 Å². The maximum atomic E-state index is 11.9. The molecule has 1 amide bonds. The highest BCUT2D eigenvalue weighted by atomic mass is 127. The zero-order valence-corrected chi connectivity index (χ0v) is 12.5. The van der Waals surface area contributed by atoms with Crippen LogP contribution in [0, 0.1) is 9.49 Å². The minimum Gasteiger partial charge on any atom is -0.480 e. The van der Waals surface area contributed by atoms with Crippen LogP contribution in [0.5, 0.6) is 0 Å². The van der Waals surface area contributed by atoms with E-state index < -0.39 is 12.0 Å². The summed E-state index contributed by atoms with van der Waals surface area (Å²) in [6.45, 7) is 3.71. The summed E-state index contributed by atoms with van der Waals surface area (Å²) in [5, 5.41) is 11.7. The Morgan fingerprint density at radius 2 is 1.89 bits per heavy atom. The molecule has 0 aliphatic heterocycles. The third kappa shape index (κ3) is 3.97. The SMILES string of the molecule is CCC(C)[C@H](NC(=O)c1ccc(I)cc1)C(=O)O. The number of amides is 1. The number of carboxylic acid groups (broad SMARTS) is 1. The summed E-state index contributed by atoms with van der Waals surface area (Å²) in [4.78, 5) is 23.0. The molecule has 0 radical (unpaired) electrons. The number of nitrogens with one attached hydrogen (secondary N) is 1. The maximum Gasteiger partial charge on any atom is 0.326 e. The van der Waals surface area contributed by atoms with E-state index in [0.29, 0.717) is 12.0 Å². The molecule has 0 fully saturated rings. The largest absolute Gasteiger partial charge is 0.480 e. The van der Waals surface area contributed by atoms with Gasteiger partial charge in [0.05, 0.1) is 0 Å².